The highest BCUT2D eigenvalue weighted by Gasteiger charge is 2.55. The molecule has 182 valence electrons. The molecule has 3 heterocycles. The molecular weight excluding hydrogens is 458 g/mol. The van der Waals surface area contributed by atoms with Gasteiger partial charge in [-0.2, -0.15) is 5.10 Å². The van der Waals surface area contributed by atoms with Gasteiger partial charge in [-0.05, 0) is 88.7 Å². The number of aromatic nitrogens is 4. The lowest BCUT2D eigenvalue weighted by Crippen LogP contribution is -2.61. The van der Waals surface area contributed by atoms with Crippen molar-refractivity contribution in [2.45, 2.75) is 76.4 Å². The maximum Gasteiger partial charge on any atom is 0.255 e. The quantitative estimate of drug-likeness (QED) is 0.548. The second kappa shape index (κ2) is 7.71. The Morgan fingerprint density at radius 3 is 2.63 bits per heavy atom. The van der Waals surface area contributed by atoms with Crippen molar-refractivity contribution in [1.82, 2.24) is 25.1 Å². The zero-order valence-corrected chi connectivity index (χ0v) is 21.0. The molecule has 0 aromatic carbocycles. The highest BCUT2D eigenvalue weighted by atomic mass is 32.1. The molecule has 8 rings (SSSR count). The van der Waals surface area contributed by atoms with E-state index in [1.807, 2.05) is 6.07 Å². The van der Waals surface area contributed by atoms with Gasteiger partial charge in [0.05, 0.1) is 28.7 Å². The maximum absolute atomic E-state index is 13.6. The molecule has 5 fully saturated rings. The summed E-state index contributed by atoms with van der Waals surface area (Å²) in [6.45, 7) is 4.22. The highest BCUT2D eigenvalue weighted by molar-refractivity contribution is 7.12. The van der Waals surface area contributed by atoms with Crippen molar-refractivity contribution in [3.8, 4) is 17.2 Å². The molecule has 3 aromatic heterocycles. The van der Waals surface area contributed by atoms with E-state index in [2.05, 4.69) is 35.3 Å². The lowest BCUT2D eigenvalue weighted by atomic mass is 9.52. The van der Waals surface area contributed by atoms with Crippen molar-refractivity contribution in [2.75, 3.05) is 0 Å². The van der Waals surface area contributed by atoms with Gasteiger partial charge < -0.3 is 10.4 Å². The summed E-state index contributed by atoms with van der Waals surface area (Å²) in [5.41, 5.74) is 3.09. The molecular formula is C27H31N5O2S. The van der Waals surface area contributed by atoms with Gasteiger partial charge in [-0.3, -0.25) is 4.79 Å². The third-order valence-corrected chi connectivity index (χ3v) is 9.67. The molecule has 2 atom stereocenters. The Labute approximate surface area is 209 Å². The number of aliphatic hydroxyl groups is 1. The number of nitrogens with zero attached hydrogens (tertiary/aromatic N) is 4. The Morgan fingerprint density at radius 2 is 1.97 bits per heavy atom. The first kappa shape index (κ1) is 21.7. The van der Waals surface area contributed by atoms with Crippen LogP contribution in [0.5, 0.6) is 0 Å². The first-order chi connectivity index (χ1) is 16.9. The minimum Gasteiger partial charge on any atom is -0.390 e. The molecule has 0 radical (unpaired) electrons. The summed E-state index contributed by atoms with van der Waals surface area (Å²) in [5, 5.41) is 18.9. The van der Waals surface area contributed by atoms with E-state index in [0.29, 0.717) is 35.2 Å². The van der Waals surface area contributed by atoms with Crippen LogP contribution in [0.4, 0.5) is 0 Å². The number of rotatable bonds is 5. The van der Waals surface area contributed by atoms with E-state index in [9.17, 15) is 9.90 Å². The van der Waals surface area contributed by atoms with Crippen LogP contribution in [-0.2, 0) is 0 Å². The molecule has 2 unspecified atom stereocenters. The van der Waals surface area contributed by atoms with Gasteiger partial charge in [0.1, 0.15) is 0 Å². The van der Waals surface area contributed by atoms with Gasteiger partial charge in [-0.1, -0.05) is 0 Å². The van der Waals surface area contributed by atoms with Gasteiger partial charge in [-0.25, -0.2) is 14.6 Å². The van der Waals surface area contributed by atoms with Crippen LogP contribution in [0.1, 0.15) is 76.7 Å². The number of hydrogen-bond donors (Lipinski definition) is 2. The number of carbonyl (C=O) groups excluding carboxylic acids is 1. The predicted molar refractivity (Wildman–Crippen MR) is 134 cm³/mol. The molecule has 0 aliphatic heterocycles. The maximum atomic E-state index is 13.6. The van der Waals surface area contributed by atoms with E-state index >= 15 is 0 Å². The van der Waals surface area contributed by atoms with Crippen molar-refractivity contribution in [1.29, 1.82) is 0 Å². The minimum absolute atomic E-state index is 0.0388. The number of aryl methyl sites for hydroxylation is 2. The Hall–Kier alpha value is -2.58. The third kappa shape index (κ3) is 3.64. The van der Waals surface area contributed by atoms with E-state index in [0.717, 1.165) is 61.9 Å². The molecule has 5 aliphatic rings. The molecule has 8 heteroatoms. The van der Waals surface area contributed by atoms with Crippen molar-refractivity contribution in [2.24, 2.45) is 17.8 Å². The molecule has 5 aliphatic carbocycles. The van der Waals surface area contributed by atoms with Crippen molar-refractivity contribution in [3.63, 3.8) is 0 Å². The molecule has 4 bridgehead atoms. The molecule has 35 heavy (non-hydrogen) atoms. The zero-order chi connectivity index (χ0) is 23.9. The summed E-state index contributed by atoms with van der Waals surface area (Å²) in [4.78, 5) is 25.5. The van der Waals surface area contributed by atoms with Crippen LogP contribution in [0, 0.1) is 31.6 Å². The van der Waals surface area contributed by atoms with E-state index in [1.165, 1.54) is 9.75 Å². The normalized spacial score (nSPS) is 31.2. The summed E-state index contributed by atoms with van der Waals surface area (Å²) in [5.74, 6) is 2.18. The fraction of sp³-hybridized carbons (Fsp3) is 0.556. The number of thiophene rings is 1. The van der Waals surface area contributed by atoms with Crippen LogP contribution in [-0.4, -0.2) is 42.4 Å². The number of carbonyl (C=O) groups is 1. The van der Waals surface area contributed by atoms with Crippen LogP contribution < -0.4 is 5.32 Å². The Balaban J connectivity index is 1.19. The van der Waals surface area contributed by atoms with Crippen LogP contribution in [0.15, 0.2) is 24.5 Å². The Kier molecular flexibility index (Phi) is 4.77. The summed E-state index contributed by atoms with van der Waals surface area (Å²) in [6, 6.07) is 4.25. The SMILES string of the molecule is Cc1cc(-c2ccnc(-n3ncc(C(=O)NC4C5CC6CC4CC(O)(C6)C5)c3C3CC3)n2)c(C)s1. The third-order valence-electron chi connectivity index (χ3n) is 8.70. The van der Waals surface area contributed by atoms with Crippen molar-refractivity contribution in [3.05, 3.63) is 45.5 Å². The molecule has 5 saturated carbocycles. The monoisotopic (exact) mass is 489 g/mol. The van der Waals surface area contributed by atoms with Gasteiger partial charge >= 0.3 is 0 Å². The van der Waals surface area contributed by atoms with E-state index in [-0.39, 0.29) is 11.9 Å². The summed E-state index contributed by atoms with van der Waals surface area (Å²) in [7, 11) is 0. The topological polar surface area (TPSA) is 92.9 Å². The second-order valence-corrected chi connectivity index (χ2v) is 12.9. The summed E-state index contributed by atoms with van der Waals surface area (Å²) < 4.78 is 1.78. The van der Waals surface area contributed by atoms with Crippen LogP contribution in [0.25, 0.3) is 17.2 Å². The van der Waals surface area contributed by atoms with Crippen LogP contribution in [0.2, 0.25) is 0 Å². The largest absolute Gasteiger partial charge is 0.390 e. The fourth-order valence-corrected chi connectivity index (χ4v) is 8.31. The number of amides is 1. The minimum atomic E-state index is -0.497. The smallest absolute Gasteiger partial charge is 0.255 e. The lowest BCUT2D eigenvalue weighted by Gasteiger charge is -2.58. The molecule has 2 N–H and O–H groups in total. The lowest BCUT2D eigenvalue weighted by molar-refractivity contribution is -0.136. The number of hydrogen-bond acceptors (Lipinski definition) is 6. The van der Waals surface area contributed by atoms with E-state index in [4.69, 9.17) is 4.98 Å². The number of nitrogens with one attached hydrogen (secondary N) is 1. The molecule has 0 saturated heterocycles. The molecule has 0 spiro atoms. The van der Waals surface area contributed by atoms with Crippen LogP contribution in [0.3, 0.4) is 0 Å². The molecule has 7 nitrogen and oxygen atoms in total. The van der Waals surface area contributed by atoms with Gasteiger partial charge in [-0.15, -0.1) is 11.3 Å². The van der Waals surface area contributed by atoms with Gasteiger partial charge in [0.15, 0.2) is 0 Å². The van der Waals surface area contributed by atoms with Gasteiger partial charge in [0.2, 0.25) is 0 Å². The van der Waals surface area contributed by atoms with Gasteiger partial charge in [0.25, 0.3) is 11.9 Å². The Morgan fingerprint density at radius 1 is 1.20 bits per heavy atom. The van der Waals surface area contributed by atoms with E-state index in [1.54, 1.807) is 28.4 Å². The summed E-state index contributed by atoms with van der Waals surface area (Å²) in [6.07, 6.45) is 10.4. The second-order valence-electron chi connectivity index (χ2n) is 11.4. The fourth-order valence-electron chi connectivity index (χ4n) is 7.37. The first-order valence-electron chi connectivity index (χ1n) is 12.9. The summed E-state index contributed by atoms with van der Waals surface area (Å²) >= 11 is 1.77. The average Bonchev–Trinajstić information content (AvgIpc) is 3.45. The average molecular weight is 490 g/mol. The zero-order valence-electron chi connectivity index (χ0n) is 20.2. The highest BCUT2D eigenvalue weighted by Crippen LogP contribution is 2.55. The predicted octanol–water partition coefficient (Wildman–Crippen LogP) is 4.55. The Bertz CT molecular complexity index is 1310. The first-order valence-corrected chi connectivity index (χ1v) is 13.7. The molecule has 1 amide bonds. The standard InChI is InChI=1S/C27H31N5O2S/c1-14-7-20(15(2)35-14)22-5-6-28-26(30-22)32-24(17-3-4-17)21(13-29-32)25(33)31-23-18-8-16-9-19(23)12-27(34,10-16)11-18/h5-7,13,16-19,23,34H,3-4,8-12H2,1-2H3,(H,31,33). The van der Waals surface area contributed by atoms with Crippen LogP contribution >= 0.6 is 11.3 Å². The molecule has 3 aromatic rings. The van der Waals surface area contributed by atoms with E-state index < -0.39 is 5.60 Å². The van der Waals surface area contributed by atoms with Crippen molar-refractivity contribution >= 4 is 17.2 Å². The van der Waals surface area contributed by atoms with Crippen molar-refractivity contribution < 1.29 is 9.90 Å². The van der Waals surface area contributed by atoms with Gasteiger partial charge in [0, 0.05) is 33.5 Å².